The average molecular weight is 272 g/mol. The van der Waals surface area contributed by atoms with E-state index in [-0.39, 0.29) is 18.0 Å². The van der Waals surface area contributed by atoms with Crippen molar-refractivity contribution < 1.29 is 13.6 Å². The molecule has 2 rings (SSSR count). The van der Waals surface area contributed by atoms with E-state index in [4.69, 9.17) is 5.26 Å². The number of carbonyl (C=O) groups is 1. The van der Waals surface area contributed by atoms with Crippen LogP contribution in [0.4, 0.5) is 14.5 Å². The van der Waals surface area contributed by atoms with E-state index in [0.29, 0.717) is 5.56 Å². The molecule has 0 heterocycles. The topological polar surface area (TPSA) is 52.9 Å². The van der Waals surface area contributed by atoms with Gasteiger partial charge in [0.2, 0.25) is 5.91 Å². The Kier molecular flexibility index (Phi) is 4.06. The number of hydrogen-bond acceptors (Lipinski definition) is 2. The van der Waals surface area contributed by atoms with Gasteiger partial charge >= 0.3 is 0 Å². The average Bonchev–Trinajstić information content (AvgIpc) is 2.44. The van der Waals surface area contributed by atoms with E-state index in [9.17, 15) is 13.6 Å². The molecule has 0 unspecified atom stereocenters. The van der Waals surface area contributed by atoms with Crippen molar-refractivity contribution in [1.29, 1.82) is 5.26 Å². The Morgan fingerprint density at radius 3 is 2.40 bits per heavy atom. The molecule has 0 radical (unpaired) electrons. The third-order valence-corrected chi connectivity index (χ3v) is 2.65. The smallest absolute Gasteiger partial charge is 0.228 e. The molecule has 0 aliphatic carbocycles. The van der Waals surface area contributed by atoms with Crippen LogP contribution in [0, 0.1) is 23.0 Å². The van der Waals surface area contributed by atoms with Crippen molar-refractivity contribution >= 4 is 11.6 Å². The lowest BCUT2D eigenvalue weighted by molar-refractivity contribution is -0.115. The molecule has 0 bridgehead atoms. The number of amides is 1. The van der Waals surface area contributed by atoms with Gasteiger partial charge in [-0.2, -0.15) is 5.26 Å². The first-order valence-electron chi connectivity index (χ1n) is 5.82. The highest BCUT2D eigenvalue weighted by atomic mass is 19.2. The van der Waals surface area contributed by atoms with E-state index in [2.05, 4.69) is 5.32 Å². The molecule has 2 aromatic carbocycles. The van der Waals surface area contributed by atoms with Gasteiger partial charge < -0.3 is 5.32 Å². The number of hydrogen-bond donors (Lipinski definition) is 1. The van der Waals surface area contributed by atoms with Gasteiger partial charge in [-0.15, -0.1) is 0 Å². The maximum atomic E-state index is 13.0. The minimum atomic E-state index is -1.01. The van der Waals surface area contributed by atoms with Crippen LogP contribution >= 0.6 is 0 Å². The predicted octanol–water partition coefficient (Wildman–Crippen LogP) is 3.02. The minimum Gasteiger partial charge on any atom is -0.326 e. The summed E-state index contributed by atoms with van der Waals surface area (Å²) in [6.07, 6.45) is 0.0880. The number of anilines is 1. The summed E-state index contributed by atoms with van der Waals surface area (Å²) in [6.45, 7) is 0. The largest absolute Gasteiger partial charge is 0.326 e. The van der Waals surface area contributed by atoms with E-state index >= 15 is 0 Å². The van der Waals surface area contributed by atoms with Gasteiger partial charge in [0.25, 0.3) is 0 Å². The Hall–Kier alpha value is -2.74. The first-order chi connectivity index (χ1) is 9.58. The van der Waals surface area contributed by atoms with Gasteiger partial charge in [-0.1, -0.05) is 12.1 Å². The summed E-state index contributed by atoms with van der Waals surface area (Å²) < 4.78 is 25.7. The molecule has 0 aliphatic rings. The van der Waals surface area contributed by atoms with Crippen molar-refractivity contribution in [3.63, 3.8) is 0 Å². The molecule has 0 spiro atoms. The first kappa shape index (κ1) is 13.7. The van der Waals surface area contributed by atoms with Gasteiger partial charge in [-0.25, -0.2) is 8.78 Å². The molecule has 0 aliphatic heterocycles. The molecule has 3 nitrogen and oxygen atoms in total. The van der Waals surface area contributed by atoms with Crippen molar-refractivity contribution in [3.8, 4) is 6.07 Å². The lowest BCUT2D eigenvalue weighted by Crippen LogP contribution is -2.14. The van der Waals surface area contributed by atoms with Crippen LogP contribution in [0.3, 0.4) is 0 Å². The number of nitriles is 1. The van der Waals surface area contributed by atoms with E-state index < -0.39 is 11.6 Å². The van der Waals surface area contributed by atoms with Crippen LogP contribution < -0.4 is 5.32 Å². The van der Waals surface area contributed by atoms with Gasteiger partial charge in [0.05, 0.1) is 18.1 Å². The molecule has 5 heteroatoms. The maximum absolute atomic E-state index is 13.0. The van der Waals surface area contributed by atoms with Crippen molar-refractivity contribution in [3.05, 3.63) is 65.2 Å². The molecule has 1 N–H and O–H groups in total. The van der Waals surface area contributed by atoms with Crippen LogP contribution in [0.25, 0.3) is 0 Å². The van der Waals surface area contributed by atoms with Crippen LogP contribution in [0.1, 0.15) is 11.1 Å². The highest BCUT2D eigenvalue weighted by Gasteiger charge is 2.07. The Bertz CT molecular complexity index is 675. The monoisotopic (exact) mass is 272 g/mol. The molecule has 20 heavy (non-hydrogen) atoms. The molecule has 0 fully saturated rings. The summed E-state index contributed by atoms with van der Waals surface area (Å²) in [4.78, 5) is 11.7. The predicted molar refractivity (Wildman–Crippen MR) is 69.8 cm³/mol. The first-order valence-corrected chi connectivity index (χ1v) is 5.82. The quantitative estimate of drug-likeness (QED) is 0.933. The SMILES string of the molecule is N#Cc1ccc(CC(=O)Nc2ccc(F)c(F)c2)cc1. The zero-order valence-electron chi connectivity index (χ0n) is 10.4. The second-order valence-electron chi connectivity index (χ2n) is 4.16. The number of benzene rings is 2. The second kappa shape index (κ2) is 5.93. The second-order valence-corrected chi connectivity index (χ2v) is 4.16. The Morgan fingerprint density at radius 1 is 1.10 bits per heavy atom. The summed E-state index contributed by atoms with van der Waals surface area (Å²) in [5.74, 6) is -2.32. The number of halogens is 2. The Labute approximate surface area is 114 Å². The van der Waals surface area contributed by atoms with E-state index in [1.165, 1.54) is 6.07 Å². The molecule has 2 aromatic rings. The summed E-state index contributed by atoms with van der Waals surface area (Å²) in [6, 6.07) is 11.7. The van der Waals surface area contributed by atoms with Gasteiger partial charge in [0.15, 0.2) is 11.6 Å². The molecule has 1 amide bonds. The van der Waals surface area contributed by atoms with Crippen LogP contribution in [0.15, 0.2) is 42.5 Å². The third-order valence-electron chi connectivity index (χ3n) is 2.65. The highest BCUT2D eigenvalue weighted by Crippen LogP contribution is 2.13. The molecule has 0 atom stereocenters. The standard InChI is InChI=1S/C15H10F2N2O/c16-13-6-5-12(8-14(13)17)19-15(20)7-10-1-3-11(9-18)4-2-10/h1-6,8H,7H2,(H,19,20). The summed E-state index contributed by atoms with van der Waals surface area (Å²) >= 11 is 0. The fourth-order valence-electron chi connectivity index (χ4n) is 1.66. The zero-order valence-corrected chi connectivity index (χ0v) is 10.4. The van der Waals surface area contributed by atoms with Crippen LogP contribution in [-0.4, -0.2) is 5.91 Å². The van der Waals surface area contributed by atoms with Gasteiger partial charge in [-0.3, -0.25) is 4.79 Å². The molecule has 0 saturated carbocycles. The van der Waals surface area contributed by atoms with Crippen molar-refractivity contribution in [2.45, 2.75) is 6.42 Å². The Balaban J connectivity index is 2.01. The van der Waals surface area contributed by atoms with Gasteiger partial charge in [0, 0.05) is 11.8 Å². The Morgan fingerprint density at radius 2 is 1.80 bits per heavy atom. The van der Waals surface area contributed by atoms with E-state index in [1.807, 2.05) is 6.07 Å². The lowest BCUT2D eigenvalue weighted by atomic mass is 10.1. The van der Waals surface area contributed by atoms with Crippen LogP contribution in [0.5, 0.6) is 0 Å². The van der Waals surface area contributed by atoms with Crippen molar-refractivity contribution in [2.75, 3.05) is 5.32 Å². The van der Waals surface area contributed by atoms with Crippen molar-refractivity contribution in [2.24, 2.45) is 0 Å². The molecule has 0 aromatic heterocycles. The summed E-state index contributed by atoms with van der Waals surface area (Å²) in [5, 5.41) is 11.1. The number of rotatable bonds is 3. The number of nitrogens with zero attached hydrogens (tertiary/aromatic N) is 1. The van der Waals surface area contributed by atoms with E-state index in [1.54, 1.807) is 24.3 Å². The molecular formula is C15H10F2N2O. The van der Waals surface area contributed by atoms with Crippen LogP contribution in [0.2, 0.25) is 0 Å². The highest BCUT2D eigenvalue weighted by molar-refractivity contribution is 5.92. The fraction of sp³-hybridized carbons (Fsp3) is 0.0667. The lowest BCUT2D eigenvalue weighted by Gasteiger charge is -2.06. The molecule has 0 saturated heterocycles. The molecule has 100 valence electrons. The zero-order chi connectivity index (χ0) is 14.5. The molecular weight excluding hydrogens is 262 g/mol. The van der Waals surface area contributed by atoms with Gasteiger partial charge in [-0.05, 0) is 29.8 Å². The minimum absolute atomic E-state index is 0.0880. The maximum Gasteiger partial charge on any atom is 0.228 e. The fourth-order valence-corrected chi connectivity index (χ4v) is 1.66. The normalized spacial score (nSPS) is 9.85. The third kappa shape index (κ3) is 3.39. The number of carbonyl (C=O) groups excluding carboxylic acids is 1. The number of nitrogens with one attached hydrogen (secondary N) is 1. The van der Waals surface area contributed by atoms with Gasteiger partial charge in [0.1, 0.15) is 0 Å². The van der Waals surface area contributed by atoms with Crippen molar-refractivity contribution in [1.82, 2.24) is 0 Å². The summed E-state index contributed by atoms with van der Waals surface area (Å²) in [5.41, 5.74) is 1.43. The van der Waals surface area contributed by atoms with E-state index in [0.717, 1.165) is 17.7 Å². The summed E-state index contributed by atoms with van der Waals surface area (Å²) in [7, 11) is 0. The van der Waals surface area contributed by atoms with Crippen LogP contribution in [-0.2, 0) is 11.2 Å².